The number of nitrogens with zero attached hydrogens (tertiary/aromatic N) is 3. The number of halogens is 2. The van der Waals surface area contributed by atoms with E-state index in [4.69, 9.17) is 5.73 Å². The van der Waals surface area contributed by atoms with E-state index < -0.39 is 17.7 Å². The predicted molar refractivity (Wildman–Crippen MR) is 122 cm³/mol. The van der Waals surface area contributed by atoms with Gasteiger partial charge in [-0.2, -0.15) is 5.10 Å². The lowest BCUT2D eigenvalue weighted by Crippen LogP contribution is -2.20. The van der Waals surface area contributed by atoms with Crippen LogP contribution in [-0.2, 0) is 0 Å². The first-order valence-corrected chi connectivity index (χ1v) is 10.7. The number of rotatable bonds is 5. The van der Waals surface area contributed by atoms with E-state index in [2.05, 4.69) is 22.2 Å². The molecule has 0 saturated carbocycles. The molecule has 170 valence electrons. The molecule has 0 spiro atoms. The van der Waals surface area contributed by atoms with E-state index >= 15 is 0 Å². The molecule has 1 fully saturated rings. The smallest absolute Gasteiger partial charge is 0.316 e. The summed E-state index contributed by atoms with van der Waals surface area (Å²) in [6.07, 6.45) is 3.92. The number of aryl methyl sites for hydroxylation is 1. The number of amides is 2. The van der Waals surface area contributed by atoms with Gasteiger partial charge in [-0.05, 0) is 68.6 Å². The average molecular weight is 442 g/mol. The minimum Gasteiger partial charge on any atom is -0.351 e. The molecule has 8 heteroatoms. The van der Waals surface area contributed by atoms with Gasteiger partial charge in [-0.25, -0.2) is 18.3 Å². The average Bonchev–Trinajstić information content (AvgIpc) is 3.38. The molecular weight excluding hydrogens is 412 g/mol. The summed E-state index contributed by atoms with van der Waals surface area (Å²) < 4.78 is 27.6. The van der Waals surface area contributed by atoms with Crippen molar-refractivity contribution >= 4 is 11.7 Å². The fourth-order valence-electron chi connectivity index (χ4n) is 3.82. The number of likely N-dealkylation sites (tertiary alicyclic amines) is 1. The van der Waals surface area contributed by atoms with E-state index in [-0.39, 0.29) is 0 Å². The van der Waals surface area contributed by atoms with Gasteiger partial charge in [-0.15, -0.1) is 0 Å². The summed E-state index contributed by atoms with van der Waals surface area (Å²) in [6, 6.07) is 13.3. The van der Waals surface area contributed by atoms with Crippen molar-refractivity contribution in [3.8, 4) is 5.69 Å². The van der Waals surface area contributed by atoms with Gasteiger partial charge in [-0.3, -0.25) is 0 Å². The first-order chi connectivity index (χ1) is 15.4. The van der Waals surface area contributed by atoms with Crippen LogP contribution in [0.5, 0.6) is 0 Å². The first kappa shape index (κ1) is 23.4. The molecular formula is C24H29F2N5O. The van der Waals surface area contributed by atoms with E-state index in [1.165, 1.54) is 12.1 Å². The number of carbonyl (C=O) groups is 1. The number of aromatic nitrogens is 2. The minimum atomic E-state index is -0.757. The molecule has 6 nitrogen and oxygen atoms in total. The summed E-state index contributed by atoms with van der Waals surface area (Å²) in [4.78, 5) is 13.1. The summed E-state index contributed by atoms with van der Waals surface area (Å²) in [5, 5.41) is 6.80. The highest BCUT2D eigenvalue weighted by atomic mass is 19.2. The van der Waals surface area contributed by atoms with Crippen LogP contribution in [0.15, 0.2) is 54.7 Å². The van der Waals surface area contributed by atoms with Gasteiger partial charge in [0.05, 0.1) is 23.3 Å². The standard InChI is InChI=1S/C13H17F2N.C11H12N4O/c1-2-6-16-7-5-11(9-16)10-3-4-12(14)13(15)8-10;1-8-10(13-11(12)16)7-15(14-8)9-5-3-2-4-6-9/h3-4,8,11H,2,5-7,9H2,1H3;2-7H,1H3,(H3,12,13,16). The van der Waals surface area contributed by atoms with Gasteiger partial charge in [0.1, 0.15) is 0 Å². The molecule has 1 aliphatic heterocycles. The minimum absolute atomic E-state index is 0.363. The Hall–Kier alpha value is -3.26. The summed E-state index contributed by atoms with van der Waals surface area (Å²) in [5.74, 6) is -1.12. The lowest BCUT2D eigenvalue weighted by molar-refractivity contribution is 0.259. The maximum atomic E-state index is 13.1. The van der Waals surface area contributed by atoms with Crippen LogP contribution in [-0.4, -0.2) is 40.3 Å². The molecule has 1 saturated heterocycles. The molecule has 2 amide bonds. The van der Waals surface area contributed by atoms with Crippen LogP contribution in [0, 0.1) is 18.6 Å². The number of urea groups is 1. The molecule has 3 aromatic rings. The zero-order valence-corrected chi connectivity index (χ0v) is 18.4. The van der Waals surface area contributed by atoms with Crippen molar-refractivity contribution in [2.45, 2.75) is 32.6 Å². The highest BCUT2D eigenvalue weighted by Gasteiger charge is 2.23. The quantitative estimate of drug-likeness (QED) is 0.595. The van der Waals surface area contributed by atoms with Crippen molar-refractivity contribution in [1.82, 2.24) is 14.7 Å². The van der Waals surface area contributed by atoms with Crippen molar-refractivity contribution in [2.24, 2.45) is 5.73 Å². The number of hydrogen-bond acceptors (Lipinski definition) is 3. The van der Waals surface area contributed by atoms with Crippen LogP contribution in [0.1, 0.15) is 36.9 Å². The predicted octanol–water partition coefficient (Wildman–Crippen LogP) is 4.84. The largest absolute Gasteiger partial charge is 0.351 e. The van der Waals surface area contributed by atoms with Crippen LogP contribution >= 0.6 is 0 Å². The number of benzene rings is 2. The van der Waals surface area contributed by atoms with Gasteiger partial charge in [0.2, 0.25) is 0 Å². The molecule has 32 heavy (non-hydrogen) atoms. The van der Waals surface area contributed by atoms with Gasteiger partial charge in [0.25, 0.3) is 0 Å². The summed E-state index contributed by atoms with van der Waals surface area (Å²) >= 11 is 0. The van der Waals surface area contributed by atoms with Crippen molar-refractivity contribution in [2.75, 3.05) is 25.0 Å². The summed E-state index contributed by atoms with van der Waals surface area (Å²) in [5.41, 5.74) is 8.26. The molecule has 1 aliphatic rings. The number of nitrogens with two attached hydrogens (primary N) is 1. The third-order valence-electron chi connectivity index (χ3n) is 5.40. The van der Waals surface area contributed by atoms with E-state index in [9.17, 15) is 13.6 Å². The maximum absolute atomic E-state index is 13.1. The van der Waals surface area contributed by atoms with Gasteiger partial charge < -0.3 is 16.0 Å². The normalized spacial score (nSPS) is 15.8. The maximum Gasteiger partial charge on any atom is 0.316 e. The Bertz CT molecular complexity index is 1040. The molecule has 4 rings (SSSR count). The van der Waals surface area contributed by atoms with Crippen molar-refractivity contribution in [1.29, 1.82) is 0 Å². The third-order valence-corrected chi connectivity index (χ3v) is 5.40. The molecule has 1 unspecified atom stereocenters. The first-order valence-electron chi connectivity index (χ1n) is 10.7. The number of primary amides is 1. The van der Waals surface area contributed by atoms with Crippen LogP contribution in [0.3, 0.4) is 0 Å². The number of para-hydroxylation sites is 1. The van der Waals surface area contributed by atoms with Gasteiger partial charge in [0, 0.05) is 6.54 Å². The molecule has 2 heterocycles. The molecule has 0 radical (unpaired) electrons. The lowest BCUT2D eigenvalue weighted by atomic mass is 9.98. The molecule has 1 aromatic heterocycles. The van der Waals surface area contributed by atoms with Gasteiger partial charge in [-0.1, -0.05) is 31.2 Å². The zero-order chi connectivity index (χ0) is 23.1. The van der Waals surface area contributed by atoms with Crippen LogP contribution in [0.4, 0.5) is 19.3 Å². The fourth-order valence-corrected chi connectivity index (χ4v) is 3.82. The Balaban J connectivity index is 0.000000181. The highest BCUT2D eigenvalue weighted by molar-refractivity contribution is 5.88. The summed E-state index contributed by atoms with van der Waals surface area (Å²) in [7, 11) is 0. The van der Waals surface area contributed by atoms with E-state index in [1.807, 2.05) is 37.3 Å². The highest BCUT2D eigenvalue weighted by Crippen LogP contribution is 2.28. The van der Waals surface area contributed by atoms with Crippen LogP contribution in [0.2, 0.25) is 0 Å². The Kier molecular flexibility index (Phi) is 7.94. The molecule has 3 N–H and O–H groups in total. The number of anilines is 1. The Morgan fingerprint density at radius 1 is 1.19 bits per heavy atom. The third kappa shape index (κ3) is 6.13. The van der Waals surface area contributed by atoms with Crippen LogP contribution < -0.4 is 11.1 Å². The van der Waals surface area contributed by atoms with Crippen LogP contribution in [0.25, 0.3) is 5.69 Å². The number of hydrogen-bond donors (Lipinski definition) is 2. The van der Waals surface area contributed by atoms with Crippen molar-refractivity contribution in [3.63, 3.8) is 0 Å². The van der Waals surface area contributed by atoms with E-state index in [0.29, 0.717) is 11.6 Å². The second-order valence-electron chi connectivity index (χ2n) is 7.86. The van der Waals surface area contributed by atoms with E-state index in [1.54, 1.807) is 16.9 Å². The molecule has 0 aliphatic carbocycles. The second kappa shape index (κ2) is 10.9. The molecule has 2 aromatic carbocycles. The van der Waals surface area contributed by atoms with E-state index in [0.717, 1.165) is 49.4 Å². The SMILES string of the molecule is CCCN1CCC(c2ccc(F)c(F)c2)C1.Cc1nn(-c2ccccc2)cc1NC(N)=O. The van der Waals surface area contributed by atoms with Crippen molar-refractivity contribution < 1.29 is 13.6 Å². The lowest BCUT2D eigenvalue weighted by Gasteiger charge is -2.14. The Morgan fingerprint density at radius 3 is 2.59 bits per heavy atom. The van der Waals surface area contributed by atoms with Gasteiger partial charge in [0.15, 0.2) is 11.6 Å². The zero-order valence-electron chi connectivity index (χ0n) is 18.4. The molecule has 0 bridgehead atoms. The topological polar surface area (TPSA) is 76.2 Å². The Morgan fingerprint density at radius 2 is 1.94 bits per heavy atom. The fraction of sp³-hybridized carbons (Fsp3) is 0.333. The second-order valence-corrected chi connectivity index (χ2v) is 7.86. The monoisotopic (exact) mass is 441 g/mol. The summed E-state index contributed by atoms with van der Waals surface area (Å²) in [6.45, 7) is 7.10. The van der Waals surface area contributed by atoms with Gasteiger partial charge >= 0.3 is 6.03 Å². The van der Waals surface area contributed by atoms with Crippen molar-refractivity contribution in [3.05, 3.63) is 77.6 Å². The number of nitrogens with one attached hydrogen (secondary N) is 1. The number of carbonyl (C=O) groups excluding carboxylic acids is 1. The Labute approximate surface area is 187 Å². The molecule has 1 atom stereocenters.